The molecule has 7 heteroatoms. The normalized spacial score (nSPS) is 20.2. The zero-order valence-electron chi connectivity index (χ0n) is 13.4. The SMILES string of the molecule is COC(c1ccc(Cl)cc1)C(C)NC(=O)CC1CSCCN1.Cl. The molecular formula is C16H24Cl2N2O2S. The molecule has 4 nitrogen and oxygen atoms in total. The van der Waals surface area contributed by atoms with Crippen molar-refractivity contribution in [1.82, 2.24) is 10.6 Å². The van der Waals surface area contributed by atoms with Crippen molar-refractivity contribution < 1.29 is 9.53 Å². The largest absolute Gasteiger partial charge is 0.375 e. The molecule has 1 aromatic rings. The van der Waals surface area contributed by atoms with Gasteiger partial charge in [0.05, 0.1) is 6.04 Å². The molecule has 0 spiro atoms. The molecule has 3 unspecified atom stereocenters. The molecule has 130 valence electrons. The minimum Gasteiger partial charge on any atom is -0.375 e. The number of nitrogens with one attached hydrogen (secondary N) is 2. The Kier molecular flexibility index (Phi) is 9.32. The molecule has 0 bridgehead atoms. The topological polar surface area (TPSA) is 50.4 Å². The monoisotopic (exact) mass is 378 g/mol. The van der Waals surface area contributed by atoms with E-state index in [1.165, 1.54) is 0 Å². The smallest absolute Gasteiger partial charge is 0.221 e. The molecule has 1 fully saturated rings. The van der Waals surface area contributed by atoms with Gasteiger partial charge in [0.1, 0.15) is 6.10 Å². The fourth-order valence-electron chi connectivity index (χ4n) is 2.64. The van der Waals surface area contributed by atoms with E-state index in [4.69, 9.17) is 16.3 Å². The van der Waals surface area contributed by atoms with Crippen LogP contribution in [0.1, 0.15) is 25.0 Å². The van der Waals surface area contributed by atoms with Crippen LogP contribution in [0.4, 0.5) is 0 Å². The Morgan fingerprint density at radius 3 is 2.74 bits per heavy atom. The van der Waals surface area contributed by atoms with Crippen molar-refractivity contribution in [3.63, 3.8) is 0 Å². The van der Waals surface area contributed by atoms with Gasteiger partial charge in [0.25, 0.3) is 0 Å². The van der Waals surface area contributed by atoms with Crippen LogP contribution >= 0.6 is 35.8 Å². The van der Waals surface area contributed by atoms with E-state index in [9.17, 15) is 4.79 Å². The summed E-state index contributed by atoms with van der Waals surface area (Å²) in [4.78, 5) is 12.2. The van der Waals surface area contributed by atoms with Crippen molar-refractivity contribution >= 4 is 41.7 Å². The van der Waals surface area contributed by atoms with Crippen LogP contribution in [-0.4, -0.2) is 43.2 Å². The van der Waals surface area contributed by atoms with Gasteiger partial charge in [-0.2, -0.15) is 11.8 Å². The van der Waals surface area contributed by atoms with Crippen LogP contribution in [0, 0.1) is 0 Å². The fourth-order valence-corrected chi connectivity index (χ4v) is 3.72. The number of rotatable bonds is 6. The first-order chi connectivity index (χ1) is 10.6. The number of ether oxygens (including phenoxy) is 1. The molecule has 1 aliphatic heterocycles. The lowest BCUT2D eigenvalue weighted by Crippen LogP contribution is -2.44. The lowest BCUT2D eigenvalue weighted by atomic mass is 10.0. The molecular weight excluding hydrogens is 355 g/mol. The average molecular weight is 379 g/mol. The van der Waals surface area contributed by atoms with Gasteiger partial charge in [0.15, 0.2) is 0 Å². The molecule has 1 saturated heterocycles. The molecule has 1 amide bonds. The van der Waals surface area contributed by atoms with E-state index in [-0.39, 0.29) is 36.5 Å². The predicted octanol–water partition coefficient (Wildman–Crippen LogP) is 3.05. The first-order valence-electron chi connectivity index (χ1n) is 7.49. The number of hydrogen-bond acceptors (Lipinski definition) is 4. The van der Waals surface area contributed by atoms with Gasteiger partial charge in [-0.1, -0.05) is 23.7 Å². The Labute approximate surface area is 153 Å². The lowest BCUT2D eigenvalue weighted by Gasteiger charge is -2.26. The molecule has 0 saturated carbocycles. The number of carbonyl (C=O) groups is 1. The summed E-state index contributed by atoms with van der Waals surface area (Å²) in [7, 11) is 1.65. The second kappa shape index (κ2) is 10.4. The molecule has 23 heavy (non-hydrogen) atoms. The third-order valence-electron chi connectivity index (χ3n) is 3.73. The Balaban J connectivity index is 0.00000264. The number of hydrogen-bond donors (Lipinski definition) is 2. The maximum absolute atomic E-state index is 12.2. The Hall–Kier alpha value is -0.460. The van der Waals surface area contributed by atoms with Crippen molar-refractivity contribution in [2.45, 2.75) is 31.5 Å². The maximum Gasteiger partial charge on any atom is 0.221 e. The lowest BCUT2D eigenvalue weighted by molar-refractivity contribution is -0.123. The van der Waals surface area contributed by atoms with Gasteiger partial charge < -0.3 is 15.4 Å². The summed E-state index contributed by atoms with van der Waals surface area (Å²) in [6.07, 6.45) is 0.323. The molecule has 1 heterocycles. The Morgan fingerprint density at radius 2 is 2.17 bits per heavy atom. The number of methoxy groups -OCH3 is 1. The highest BCUT2D eigenvalue weighted by Gasteiger charge is 2.23. The number of benzene rings is 1. The molecule has 2 N–H and O–H groups in total. The van der Waals surface area contributed by atoms with Crippen LogP contribution in [0.3, 0.4) is 0 Å². The van der Waals surface area contributed by atoms with Crippen molar-refractivity contribution in [2.75, 3.05) is 25.2 Å². The highest BCUT2D eigenvalue weighted by molar-refractivity contribution is 7.99. The third kappa shape index (κ3) is 6.51. The molecule has 0 aromatic heterocycles. The molecule has 0 radical (unpaired) electrons. The van der Waals surface area contributed by atoms with Crippen molar-refractivity contribution in [2.24, 2.45) is 0 Å². The number of amides is 1. The van der Waals surface area contributed by atoms with Crippen LogP contribution in [0.2, 0.25) is 5.02 Å². The van der Waals surface area contributed by atoms with Gasteiger partial charge in [-0.05, 0) is 24.6 Å². The zero-order valence-corrected chi connectivity index (χ0v) is 15.8. The van der Waals surface area contributed by atoms with Gasteiger partial charge >= 0.3 is 0 Å². The van der Waals surface area contributed by atoms with E-state index in [2.05, 4.69) is 10.6 Å². The average Bonchev–Trinajstić information content (AvgIpc) is 2.50. The molecule has 2 rings (SSSR count). The minimum absolute atomic E-state index is 0. The molecule has 1 aliphatic rings. The highest BCUT2D eigenvalue weighted by Crippen LogP contribution is 2.22. The molecule has 0 aliphatic carbocycles. The van der Waals surface area contributed by atoms with Gasteiger partial charge in [0.2, 0.25) is 5.91 Å². The predicted molar refractivity (Wildman–Crippen MR) is 99.8 cm³/mol. The first kappa shape index (κ1) is 20.6. The minimum atomic E-state index is -0.185. The van der Waals surface area contributed by atoms with Crippen LogP contribution in [0.15, 0.2) is 24.3 Å². The van der Waals surface area contributed by atoms with E-state index in [1.54, 1.807) is 7.11 Å². The summed E-state index contributed by atoms with van der Waals surface area (Å²) in [6.45, 7) is 2.94. The van der Waals surface area contributed by atoms with Gasteiger partial charge in [0, 0.05) is 42.6 Å². The quantitative estimate of drug-likeness (QED) is 0.798. The van der Waals surface area contributed by atoms with Crippen LogP contribution < -0.4 is 10.6 Å². The van der Waals surface area contributed by atoms with Crippen molar-refractivity contribution in [1.29, 1.82) is 0 Å². The second-order valence-corrected chi connectivity index (χ2v) is 7.08. The van der Waals surface area contributed by atoms with Gasteiger partial charge in [-0.3, -0.25) is 4.79 Å². The van der Waals surface area contributed by atoms with E-state index in [0.717, 1.165) is 23.6 Å². The van der Waals surface area contributed by atoms with Gasteiger partial charge in [-0.15, -0.1) is 12.4 Å². The zero-order chi connectivity index (χ0) is 15.9. The third-order valence-corrected chi connectivity index (χ3v) is 5.11. The second-order valence-electron chi connectivity index (χ2n) is 5.49. The number of thioether (sulfide) groups is 1. The standard InChI is InChI=1S/C16H23ClN2O2S.ClH/c1-11(16(21-2)12-3-5-13(17)6-4-12)19-15(20)9-14-10-22-8-7-18-14;/h3-6,11,14,16,18H,7-10H2,1-2H3,(H,19,20);1H. The summed E-state index contributed by atoms with van der Waals surface area (Å²) in [5, 5.41) is 7.11. The molecule has 1 aromatic carbocycles. The summed E-state index contributed by atoms with van der Waals surface area (Å²) >= 11 is 7.81. The van der Waals surface area contributed by atoms with E-state index < -0.39 is 0 Å². The van der Waals surface area contributed by atoms with Crippen LogP contribution in [0.5, 0.6) is 0 Å². The Morgan fingerprint density at radius 1 is 1.48 bits per heavy atom. The Bertz CT molecular complexity index is 481. The summed E-state index contributed by atoms with van der Waals surface area (Å²) in [6, 6.07) is 7.69. The fraction of sp³-hybridized carbons (Fsp3) is 0.562. The summed E-state index contributed by atoms with van der Waals surface area (Å²) in [5.41, 5.74) is 1.01. The first-order valence-corrected chi connectivity index (χ1v) is 9.02. The van der Waals surface area contributed by atoms with Crippen molar-refractivity contribution in [3.8, 4) is 0 Å². The number of halogens is 2. The number of carbonyl (C=O) groups excluding carboxylic acids is 1. The van der Waals surface area contributed by atoms with Crippen LogP contribution in [0.25, 0.3) is 0 Å². The van der Waals surface area contributed by atoms with E-state index in [1.807, 2.05) is 43.0 Å². The van der Waals surface area contributed by atoms with Gasteiger partial charge in [-0.25, -0.2) is 0 Å². The van der Waals surface area contributed by atoms with E-state index in [0.29, 0.717) is 11.4 Å². The summed E-state index contributed by atoms with van der Waals surface area (Å²) in [5.74, 6) is 2.17. The maximum atomic E-state index is 12.2. The van der Waals surface area contributed by atoms with Crippen LogP contribution in [-0.2, 0) is 9.53 Å². The van der Waals surface area contributed by atoms with E-state index >= 15 is 0 Å². The van der Waals surface area contributed by atoms with Crippen molar-refractivity contribution in [3.05, 3.63) is 34.9 Å². The summed E-state index contributed by atoms with van der Waals surface area (Å²) < 4.78 is 5.55. The highest BCUT2D eigenvalue weighted by atomic mass is 35.5. The molecule has 3 atom stereocenters.